The van der Waals surface area contributed by atoms with Gasteiger partial charge in [0, 0.05) is 22.4 Å². The average molecular weight is 357 g/mol. The van der Waals surface area contributed by atoms with Gasteiger partial charge in [0.05, 0.1) is 24.4 Å². The summed E-state index contributed by atoms with van der Waals surface area (Å²) in [7, 11) is -2.52. The van der Waals surface area contributed by atoms with Crippen molar-refractivity contribution in [3.05, 3.63) is 12.7 Å². The molecular formula is C19H36O4Si. The second-order valence-electron chi connectivity index (χ2n) is 9.70. The zero-order chi connectivity index (χ0) is 18.6. The van der Waals surface area contributed by atoms with Crippen molar-refractivity contribution in [1.82, 2.24) is 0 Å². The van der Waals surface area contributed by atoms with Crippen molar-refractivity contribution in [2.45, 2.75) is 95.8 Å². The van der Waals surface area contributed by atoms with Gasteiger partial charge in [-0.05, 0) is 6.92 Å². The molecule has 1 N–H and O–H groups in total. The van der Waals surface area contributed by atoms with E-state index < -0.39 is 20.3 Å². The van der Waals surface area contributed by atoms with E-state index in [9.17, 15) is 5.11 Å². The molecule has 140 valence electrons. The minimum Gasteiger partial charge on any atom is -0.391 e. The molecule has 4 nitrogen and oxygen atoms in total. The zero-order valence-corrected chi connectivity index (χ0v) is 17.7. The lowest BCUT2D eigenvalue weighted by Crippen LogP contribution is -2.69. The Morgan fingerprint density at radius 2 is 1.71 bits per heavy atom. The molecule has 2 aliphatic rings. The van der Waals surface area contributed by atoms with Crippen LogP contribution in [0.25, 0.3) is 0 Å². The number of aliphatic hydroxyl groups is 1. The SMILES string of the molecule is C=C[C@H](C)[C@]1(C)O[C@@H]2CO[Si](C(C)(C)C)(C(C)(C)C)O[C@@H]2C[C@@H]1O. The Hall–Kier alpha value is -0.203. The summed E-state index contributed by atoms with van der Waals surface area (Å²) in [6, 6.07) is 0. The van der Waals surface area contributed by atoms with Crippen LogP contribution in [0.3, 0.4) is 0 Å². The fourth-order valence-corrected chi connectivity index (χ4v) is 9.32. The molecule has 0 aromatic carbocycles. The van der Waals surface area contributed by atoms with Gasteiger partial charge in [-0.2, -0.15) is 0 Å². The van der Waals surface area contributed by atoms with Crippen LogP contribution in [0.1, 0.15) is 61.8 Å². The van der Waals surface area contributed by atoms with Crippen LogP contribution in [0, 0.1) is 5.92 Å². The van der Waals surface area contributed by atoms with Crippen LogP contribution in [-0.4, -0.2) is 44.2 Å². The van der Waals surface area contributed by atoms with E-state index in [0.717, 1.165) is 0 Å². The third kappa shape index (κ3) is 3.03. The lowest BCUT2D eigenvalue weighted by molar-refractivity contribution is -0.251. The Kier molecular flexibility index (Phi) is 5.20. The first-order valence-electron chi connectivity index (χ1n) is 9.09. The molecular weight excluding hydrogens is 320 g/mol. The molecule has 0 aromatic rings. The molecule has 0 aromatic heterocycles. The van der Waals surface area contributed by atoms with Crippen molar-refractivity contribution in [2.24, 2.45) is 5.92 Å². The highest BCUT2D eigenvalue weighted by atomic mass is 28.4. The van der Waals surface area contributed by atoms with Crippen molar-refractivity contribution in [1.29, 1.82) is 0 Å². The lowest BCUT2D eigenvalue weighted by atomic mass is 9.79. The molecule has 5 atom stereocenters. The lowest BCUT2D eigenvalue weighted by Gasteiger charge is -2.58. The van der Waals surface area contributed by atoms with E-state index in [4.69, 9.17) is 13.6 Å². The predicted octanol–water partition coefficient (Wildman–Crippen LogP) is 4.17. The van der Waals surface area contributed by atoms with E-state index in [1.165, 1.54) is 0 Å². The van der Waals surface area contributed by atoms with Crippen LogP contribution < -0.4 is 0 Å². The van der Waals surface area contributed by atoms with Crippen molar-refractivity contribution < 1.29 is 18.7 Å². The second-order valence-corrected chi connectivity index (χ2v) is 14.5. The maximum absolute atomic E-state index is 10.8. The van der Waals surface area contributed by atoms with E-state index in [0.29, 0.717) is 13.0 Å². The van der Waals surface area contributed by atoms with Gasteiger partial charge in [0.15, 0.2) is 0 Å². The maximum Gasteiger partial charge on any atom is 0.349 e. The molecule has 0 radical (unpaired) electrons. The number of hydrogen-bond donors (Lipinski definition) is 1. The molecule has 0 bridgehead atoms. The summed E-state index contributed by atoms with van der Waals surface area (Å²) in [5, 5.41) is 10.6. The van der Waals surface area contributed by atoms with Gasteiger partial charge >= 0.3 is 8.56 Å². The van der Waals surface area contributed by atoms with Crippen molar-refractivity contribution in [3.8, 4) is 0 Å². The third-order valence-corrected chi connectivity index (χ3v) is 11.1. The van der Waals surface area contributed by atoms with Gasteiger partial charge in [-0.3, -0.25) is 0 Å². The smallest absolute Gasteiger partial charge is 0.349 e. The Morgan fingerprint density at radius 3 is 2.17 bits per heavy atom. The van der Waals surface area contributed by atoms with E-state index in [1.807, 2.05) is 19.9 Å². The van der Waals surface area contributed by atoms with Crippen LogP contribution in [-0.2, 0) is 13.6 Å². The summed E-state index contributed by atoms with van der Waals surface area (Å²) >= 11 is 0. The molecule has 5 heteroatoms. The average Bonchev–Trinajstić information content (AvgIpc) is 2.44. The number of ether oxygens (including phenoxy) is 1. The molecule has 0 saturated carbocycles. The predicted molar refractivity (Wildman–Crippen MR) is 99.3 cm³/mol. The molecule has 2 heterocycles. The van der Waals surface area contributed by atoms with Crippen LogP contribution in [0.2, 0.25) is 10.1 Å². The zero-order valence-electron chi connectivity index (χ0n) is 16.7. The first-order chi connectivity index (χ1) is 10.8. The summed E-state index contributed by atoms with van der Waals surface area (Å²) < 4.78 is 19.5. The highest BCUT2D eigenvalue weighted by Crippen LogP contribution is 2.55. The van der Waals surface area contributed by atoms with Crippen LogP contribution in [0.5, 0.6) is 0 Å². The van der Waals surface area contributed by atoms with Gasteiger partial charge in [-0.25, -0.2) is 0 Å². The molecule has 2 aliphatic heterocycles. The van der Waals surface area contributed by atoms with Gasteiger partial charge in [0.2, 0.25) is 0 Å². The van der Waals surface area contributed by atoms with Gasteiger partial charge in [-0.15, -0.1) is 6.58 Å². The second kappa shape index (κ2) is 6.20. The number of aliphatic hydroxyl groups excluding tert-OH is 1. The molecule has 0 unspecified atom stereocenters. The van der Waals surface area contributed by atoms with Gasteiger partial charge in [0.25, 0.3) is 0 Å². The number of hydrogen-bond acceptors (Lipinski definition) is 4. The first-order valence-corrected chi connectivity index (χ1v) is 10.9. The highest BCUT2D eigenvalue weighted by Gasteiger charge is 2.63. The van der Waals surface area contributed by atoms with E-state index in [2.05, 4.69) is 48.1 Å². The third-order valence-electron chi connectivity index (χ3n) is 5.94. The van der Waals surface area contributed by atoms with Crippen molar-refractivity contribution in [2.75, 3.05) is 6.61 Å². The minimum absolute atomic E-state index is 0.0580. The minimum atomic E-state index is -2.52. The Balaban J connectivity index is 2.29. The first kappa shape index (κ1) is 20.1. The Morgan fingerprint density at radius 1 is 1.17 bits per heavy atom. The molecule has 2 saturated heterocycles. The van der Waals surface area contributed by atoms with Crippen molar-refractivity contribution >= 4 is 8.56 Å². The van der Waals surface area contributed by atoms with Crippen molar-refractivity contribution in [3.63, 3.8) is 0 Å². The normalized spacial score (nSPS) is 38.3. The summed E-state index contributed by atoms with van der Waals surface area (Å²) in [5.41, 5.74) is -0.638. The molecule has 2 rings (SSSR count). The number of rotatable bonds is 2. The summed E-state index contributed by atoms with van der Waals surface area (Å²) in [6.45, 7) is 21.6. The van der Waals surface area contributed by atoms with E-state index >= 15 is 0 Å². The van der Waals surface area contributed by atoms with Gasteiger partial charge in [-0.1, -0.05) is 54.5 Å². The number of fused-ring (bicyclic) bond motifs is 1. The Bertz CT molecular complexity index is 465. The monoisotopic (exact) mass is 356 g/mol. The summed E-state index contributed by atoms with van der Waals surface area (Å²) in [4.78, 5) is 0. The van der Waals surface area contributed by atoms with Crippen LogP contribution in [0.15, 0.2) is 12.7 Å². The molecule has 0 spiro atoms. The van der Waals surface area contributed by atoms with Crippen LogP contribution >= 0.6 is 0 Å². The molecule has 0 amide bonds. The van der Waals surface area contributed by atoms with E-state index in [-0.39, 0.29) is 28.2 Å². The maximum atomic E-state index is 10.8. The van der Waals surface area contributed by atoms with E-state index in [1.54, 1.807) is 0 Å². The topological polar surface area (TPSA) is 47.9 Å². The largest absolute Gasteiger partial charge is 0.391 e. The van der Waals surface area contributed by atoms with Gasteiger partial charge < -0.3 is 18.7 Å². The highest BCUT2D eigenvalue weighted by molar-refractivity contribution is 6.73. The standard InChI is InChI=1S/C19H36O4Si/c1-10-13(2)19(9)16(20)11-14-15(22-19)12-21-24(23-14,17(3,4)5)18(6,7)8/h10,13-16,20H,1,11-12H2,2-9H3/t13-,14+,15+,16-,19-/m0/s1. The van der Waals surface area contributed by atoms with Crippen LogP contribution in [0.4, 0.5) is 0 Å². The molecule has 0 aliphatic carbocycles. The molecule has 24 heavy (non-hydrogen) atoms. The van der Waals surface area contributed by atoms with Gasteiger partial charge in [0.1, 0.15) is 6.10 Å². The molecule has 2 fully saturated rings. The quantitative estimate of drug-likeness (QED) is 0.596. The Labute approximate surface area is 148 Å². The summed E-state index contributed by atoms with van der Waals surface area (Å²) in [5.74, 6) is 0.0580. The fraction of sp³-hybridized carbons (Fsp3) is 0.895. The fourth-order valence-electron chi connectivity index (χ4n) is 4.35. The summed E-state index contributed by atoms with van der Waals surface area (Å²) in [6.07, 6.45) is 1.62.